The Bertz CT molecular complexity index is 1380. The van der Waals surface area contributed by atoms with E-state index in [9.17, 15) is 4.79 Å². The molecule has 1 atom stereocenters. The third-order valence-corrected chi connectivity index (χ3v) is 7.32. The van der Waals surface area contributed by atoms with Gasteiger partial charge in [-0.2, -0.15) is 0 Å². The van der Waals surface area contributed by atoms with Crippen LogP contribution in [0.15, 0.2) is 72.5 Å². The van der Waals surface area contributed by atoms with Crippen LogP contribution in [0.5, 0.6) is 0 Å². The van der Waals surface area contributed by atoms with E-state index in [1.807, 2.05) is 25.8 Å². The smallest absolute Gasteiger partial charge is 0.277 e. The van der Waals surface area contributed by atoms with Crippen LogP contribution in [-0.2, 0) is 10.3 Å². The van der Waals surface area contributed by atoms with Gasteiger partial charge in [0.15, 0.2) is 5.11 Å². The summed E-state index contributed by atoms with van der Waals surface area (Å²) in [6.45, 7) is 6.83. The Balaban J connectivity index is 1.74. The van der Waals surface area contributed by atoms with Gasteiger partial charge in [0, 0.05) is 35.4 Å². The van der Waals surface area contributed by atoms with Crippen LogP contribution in [0.4, 0.5) is 0 Å². The van der Waals surface area contributed by atoms with E-state index in [1.54, 1.807) is 4.90 Å². The molecule has 162 valence electrons. The Labute approximate surface area is 194 Å². The van der Waals surface area contributed by atoms with Gasteiger partial charge in [-0.25, -0.2) is 0 Å². The number of amides is 1. The Morgan fingerprint density at radius 2 is 1.84 bits per heavy atom. The number of hydrogen-bond donors (Lipinski definition) is 0. The number of fused-ring (bicyclic) bond motifs is 3. The third kappa shape index (κ3) is 2.88. The first kappa shape index (κ1) is 20.7. The SMILES string of the molecule is CCN1C(=O)/C(=C(/C)c2ccc3c(c2)c2ccccc2n3C2(C)C=CC=CC2)N(C)C1=S. The van der Waals surface area contributed by atoms with Crippen molar-refractivity contribution in [2.45, 2.75) is 32.7 Å². The molecule has 1 aliphatic carbocycles. The second-order valence-electron chi connectivity index (χ2n) is 8.80. The van der Waals surface area contributed by atoms with Crippen LogP contribution in [0.3, 0.4) is 0 Å². The molecule has 0 bridgehead atoms. The molecule has 3 aromatic rings. The lowest BCUT2D eigenvalue weighted by atomic mass is 9.92. The van der Waals surface area contributed by atoms with Crippen molar-refractivity contribution in [3.05, 3.63) is 78.0 Å². The zero-order valence-electron chi connectivity index (χ0n) is 18.9. The lowest BCUT2D eigenvalue weighted by molar-refractivity contribution is -0.122. The van der Waals surface area contributed by atoms with Crippen molar-refractivity contribution in [3.63, 3.8) is 0 Å². The minimum atomic E-state index is -0.124. The zero-order valence-corrected chi connectivity index (χ0v) is 19.7. The number of likely N-dealkylation sites (N-methyl/N-ethyl adjacent to an activating group) is 2. The van der Waals surface area contributed by atoms with E-state index in [0.29, 0.717) is 17.4 Å². The molecule has 5 rings (SSSR count). The summed E-state index contributed by atoms with van der Waals surface area (Å²) < 4.78 is 2.45. The highest BCUT2D eigenvalue weighted by Crippen LogP contribution is 2.39. The highest BCUT2D eigenvalue weighted by molar-refractivity contribution is 7.80. The summed E-state index contributed by atoms with van der Waals surface area (Å²) in [6, 6.07) is 15.1. The highest BCUT2D eigenvalue weighted by Gasteiger charge is 2.36. The lowest BCUT2D eigenvalue weighted by Gasteiger charge is -2.31. The molecule has 1 aliphatic heterocycles. The van der Waals surface area contributed by atoms with E-state index in [-0.39, 0.29) is 11.4 Å². The van der Waals surface area contributed by atoms with Gasteiger partial charge in [-0.3, -0.25) is 9.69 Å². The van der Waals surface area contributed by atoms with E-state index in [4.69, 9.17) is 12.2 Å². The van der Waals surface area contributed by atoms with Gasteiger partial charge in [0.25, 0.3) is 5.91 Å². The molecule has 4 nitrogen and oxygen atoms in total. The average Bonchev–Trinajstić information content (AvgIpc) is 3.24. The number of carbonyl (C=O) groups is 1. The minimum Gasteiger partial charge on any atom is -0.331 e. The van der Waals surface area contributed by atoms with Crippen LogP contribution in [-0.4, -0.2) is 39.0 Å². The number of carbonyl (C=O) groups excluding carboxylic acids is 1. The first-order valence-electron chi connectivity index (χ1n) is 11.1. The topological polar surface area (TPSA) is 28.5 Å². The number of allylic oxidation sites excluding steroid dienone is 5. The van der Waals surface area contributed by atoms with Gasteiger partial charge in [0.2, 0.25) is 0 Å². The highest BCUT2D eigenvalue weighted by atomic mass is 32.1. The minimum absolute atomic E-state index is 0.0216. The summed E-state index contributed by atoms with van der Waals surface area (Å²) in [7, 11) is 1.88. The van der Waals surface area contributed by atoms with Crippen LogP contribution in [0, 0.1) is 0 Å². The number of para-hydroxylation sites is 1. The largest absolute Gasteiger partial charge is 0.331 e. The van der Waals surface area contributed by atoms with Crippen LogP contribution >= 0.6 is 12.2 Å². The molecule has 2 aromatic carbocycles. The molecule has 0 N–H and O–H groups in total. The van der Waals surface area contributed by atoms with Crippen molar-refractivity contribution < 1.29 is 4.79 Å². The van der Waals surface area contributed by atoms with E-state index < -0.39 is 0 Å². The molecular formula is C27H27N3OS. The predicted octanol–water partition coefficient (Wildman–Crippen LogP) is 5.84. The molecule has 2 heterocycles. The maximum absolute atomic E-state index is 13.0. The van der Waals surface area contributed by atoms with Gasteiger partial charge < -0.3 is 9.47 Å². The molecule has 5 heteroatoms. The Morgan fingerprint density at radius 1 is 1.09 bits per heavy atom. The van der Waals surface area contributed by atoms with Gasteiger partial charge in [-0.05, 0) is 68.7 Å². The number of nitrogens with zero attached hydrogens (tertiary/aromatic N) is 3. The second-order valence-corrected chi connectivity index (χ2v) is 9.16. The van der Waals surface area contributed by atoms with Gasteiger partial charge in [0.1, 0.15) is 5.70 Å². The fraction of sp³-hybridized carbons (Fsp3) is 0.259. The number of thiocarbonyl (C=S) groups is 1. The molecule has 1 unspecified atom stereocenters. The summed E-state index contributed by atoms with van der Waals surface area (Å²) in [5.41, 5.74) is 4.95. The van der Waals surface area contributed by atoms with Crippen LogP contribution in [0.25, 0.3) is 27.4 Å². The lowest BCUT2D eigenvalue weighted by Crippen LogP contribution is -2.30. The number of aromatic nitrogens is 1. The van der Waals surface area contributed by atoms with Gasteiger partial charge in [-0.1, -0.05) is 48.6 Å². The summed E-state index contributed by atoms with van der Waals surface area (Å²) in [5.74, 6) is -0.0216. The molecule has 0 saturated carbocycles. The summed E-state index contributed by atoms with van der Waals surface area (Å²) in [4.78, 5) is 16.5. The fourth-order valence-electron chi connectivity index (χ4n) is 5.10. The number of rotatable bonds is 3. The van der Waals surface area contributed by atoms with Crippen molar-refractivity contribution in [2.24, 2.45) is 0 Å². The van der Waals surface area contributed by atoms with E-state index in [0.717, 1.165) is 17.6 Å². The summed E-state index contributed by atoms with van der Waals surface area (Å²) in [5, 5.41) is 2.99. The Morgan fingerprint density at radius 3 is 2.53 bits per heavy atom. The quantitative estimate of drug-likeness (QED) is 0.378. The second kappa shape index (κ2) is 7.45. The maximum atomic E-state index is 13.0. The molecule has 1 fully saturated rings. The van der Waals surface area contributed by atoms with E-state index >= 15 is 0 Å². The van der Waals surface area contributed by atoms with Crippen LogP contribution in [0.1, 0.15) is 32.8 Å². The van der Waals surface area contributed by atoms with Crippen LogP contribution in [0.2, 0.25) is 0 Å². The van der Waals surface area contributed by atoms with Crippen molar-refractivity contribution in [1.82, 2.24) is 14.4 Å². The summed E-state index contributed by atoms with van der Waals surface area (Å²) >= 11 is 5.50. The molecular weight excluding hydrogens is 414 g/mol. The van der Waals surface area contributed by atoms with Gasteiger partial charge >= 0.3 is 0 Å². The van der Waals surface area contributed by atoms with Crippen molar-refractivity contribution in [1.29, 1.82) is 0 Å². The predicted molar refractivity (Wildman–Crippen MR) is 136 cm³/mol. The fourth-order valence-corrected chi connectivity index (χ4v) is 5.40. The van der Waals surface area contributed by atoms with Crippen molar-refractivity contribution in [3.8, 4) is 0 Å². The molecule has 2 aliphatic rings. The molecule has 0 spiro atoms. The molecule has 1 saturated heterocycles. The first-order valence-corrected chi connectivity index (χ1v) is 11.5. The summed E-state index contributed by atoms with van der Waals surface area (Å²) in [6.07, 6.45) is 9.71. The monoisotopic (exact) mass is 441 g/mol. The number of hydrogen-bond acceptors (Lipinski definition) is 2. The first-order chi connectivity index (χ1) is 15.4. The number of benzene rings is 2. The van der Waals surface area contributed by atoms with Crippen molar-refractivity contribution in [2.75, 3.05) is 13.6 Å². The Hall–Kier alpha value is -3.18. The average molecular weight is 442 g/mol. The maximum Gasteiger partial charge on any atom is 0.277 e. The van der Waals surface area contributed by atoms with E-state index in [2.05, 4.69) is 78.3 Å². The van der Waals surface area contributed by atoms with Crippen LogP contribution < -0.4 is 0 Å². The van der Waals surface area contributed by atoms with Crippen molar-refractivity contribution >= 4 is 50.6 Å². The normalized spacial score (nSPS) is 22.6. The van der Waals surface area contributed by atoms with Gasteiger partial charge in [0.05, 0.1) is 5.54 Å². The van der Waals surface area contributed by atoms with E-state index in [1.165, 1.54) is 21.8 Å². The molecule has 32 heavy (non-hydrogen) atoms. The molecule has 1 aromatic heterocycles. The Kier molecular flexibility index (Phi) is 4.82. The standard InChI is InChI=1S/C27H27N3OS/c1-5-29-25(31)24(28(4)26(29)32)18(2)19-13-14-23-21(17-19)20-11-7-8-12-22(20)30(23)27(3)15-9-6-10-16-27/h6-15,17H,5,16H2,1-4H3/b24-18+. The molecule has 0 radical (unpaired) electrons. The zero-order chi connectivity index (χ0) is 22.6. The third-order valence-electron chi connectivity index (χ3n) is 6.82. The van der Waals surface area contributed by atoms with Gasteiger partial charge in [-0.15, -0.1) is 0 Å². The molecule has 1 amide bonds.